The number of hydrogen-bond acceptors (Lipinski definition) is 3. The molecule has 3 rings (SSSR count). The normalized spacial score (nSPS) is 29.5. The highest BCUT2D eigenvalue weighted by atomic mass is 16.5. The van der Waals surface area contributed by atoms with Crippen molar-refractivity contribution in [1.82, 2.24) is 9.78 Å². The second-order valence-corrected chi connectivity index (χ2v) is 6.74. The third-order valence-electron chi connectivity index (χ3n) is 4.52. The molecule has 4 nitrogen and oxygen atoms in total. The van der Waals surface area contributed by atoms with E-state index in [2.05, 4.69) is 36.8 Å². The Morgan fingerprint density at radius 1 is 1.40 bits per heavy atom. The van der Waals surface area contributed by atoms with Gasteiger partial charge >= 0.3 is 0 Å². The monoisotopic (exact) mass is 277 g/mol. The van der Waals surface area contributed by atoms with Gasteiger partial charge in [-0.05, 0) is 44.9 Å². The van der Waals surface area contributed by atoms with E-state index in [-0.39, 0.29) is 0 Å². The van der Waals surface area contributed by atoms with Crippen LogP contribution in [-0.2, 0) is 11.2 Å². The van der Waals surface area contributed by atoms with E-state index in [0.717, 1.165) is 25.3 Å². The van der Waals surface area contributed by atoms with Gasteiger partial charge in [0.25, 0.3) is 0 Å². The van der Waals surface area contributed by atoms with Gasteiger partial charge in [-0.2, -0.15) is 5.10 Å². The lowest BCUT2D eigenvalue weighted by Gasteiger charge is -2.29. The third-order valence-corrected chi connectivity index (χ3v) is 4.52. The maximum atomic E-state index is 6.08. The summed E-state index contributed by atoms with van der Waals surface area (Å²) in [5.74, 6) is 1.92. The van der Waals surface area contributed by atoms with Gasteiger partial charge in [0.05, 0.1) is 23.9 Å². The van der Waals surface area contributed by atoms with Crippen LogP contribution in [0.5, 0.6) is 0 Å². The molecule has 4 heteroatoms. The minimum Gasteiger partial charge on any atom is -0.373 e. The lowest BCUT2D eigenvalue weighted by molar-refractivity contribution is 0.0172. The van der Waals surface area contributed by atoms with E-state index in [1.165, 1.54) is 30.8 Å². The SMILES string of the molecule is CC(C)CCc1cc2n(n1)C(C1CCC(C)O1)CCN2. The standard InChI is InChI=1S/C16H27N3O/c1-11(2)4-6-13-10-16-17-9-8-14(19(16)18-13)15-7-5-12(3)20-15/h10-12,14-15,17H,4-9H2,1-3H3. The summed E-state index contributed by atoms with van der Waals surface area (Å²) in [6.07, 6.45) is 6.53. The quantitative estimate of drug-likeness (QED) is 0.917. The second kappa shape index (κ2) is 5.76. The van der Waals surface area contributed by atoms with Crippen LogP contribution < -0.4 is 5.32 Å². The minimum atomic E-state index is 0.351. The highest BCUT2D eigenvalue weighted by molar-refractivity contribution is 5.39. The predicted molar refractivity (Wildman–Crippen MR) is 81.1 cm³/mol. The fraction of sp³-hybridized carbons (Fsp3) is 0.812. The Balaban J connectivity index is 1.74. The number of aromatic nitrogens is 2. The van der Waals surface area contributed by atoms with Crippen molar-refractivity contribution in [2.24, 2.45) is 5.92 Å². The molecule has 0 aliphatic carbocycles. The van der Waals surface area contributed by atoms with Crippen molar-refractivity contribution >= 4 is 5.82 Å². The van der Waals surface area contributed by atoms with Crippen LogP contribution in [0.1, 0.15) is 58.2 Å². The number of hydrogen-bond donors (Lipinski definition) is 1. The first-order valence-corrected chi connectivity index (χ1v) is 8.11. The van der Waals surface area contributed by atoms with Crippen LogP contribution in [-0.4, -0.2) is 28.5 Å². The average Bonchev–Trinajstić information content (AvgIpc) is 3.01. The van der Waals surface area contributed by atoms with Crippen molar-refractivity contribution in [3.05, 3.63) is 11.8 Å². The maximum absolute atomic E-state index is 6.08. The van der Waals surface area contributed by atoms with Gasteiger partial charge in [0.1, 0.15) is 5.82 Å². The van der Waals surface area contributed by atoms with Gasteiger partial charge < -0.3 is 10.1 Å². The average molecular weight is 277 g/mol. The molecule has 0 spiro atoms. The van der Waals surface area contributed by atoms with Crippen LogP contribution in [0.2, 0.25) is 0 Å². The Labute approximate surface area is 121 Å². The summed E-state index contributed by atoms with van der Waals surface area (Å²) in [7, 11) is 0. The number of anilines is 1. The van der Waals surface area contributed by atoms with E-state index < -0.39 is 0 Å². The lowest BCUT2D eigenvalue weighted by Crippen LogP contribution is -2.32. The fourth-order valence-electron chi connectivity index (χ4n) is 3.32. The molecule has 2 aliphatic heterocycles. The van der Waals surface area contributed by atoms with Crippen molar-refractivity contribution in [2.75, 3.05) is 11.9 Å². The molecule has 1 aromatic heterocycles. The molecule has 1 fully saturated rings. The summed E-state index contributed by atoms with van der Waals surface area (Å²) in [6.45, 7) is 7.75. The minimum absolute atomic E-state index is 0.351. The van der Waals surface area contributed by atoms with Crippen LogP contribution in [0.4, 0.5) is 5.82 Å². The second-order valence-electron chi connectivity index (χ2n) is 6.74. The number of nitrogens with one attached hydrogen (secondary N) is 1. The summed E-state index contributed by atoms with van der Waals surface area (Å²) in [4.78, 5) is 0. The fourth-order valence-corrected chi connectivity index (χ4v) is 3.32. The molecule has 1 aromatic rings. The topological polar surface area (TPSA) is 39.1 Å². The summed E-state index contributed by atoms with van der Waals surface area (Å²) >= 11 is 0. The first-order chi connectivity index (χ1) is 9.63. The summed E-state index contributed by atoms with van der Waals surface area (Å²) in [5, 5.41) is 8.33. The Kier molecular flexibility index (Phi) is 4.01. The van der Waals surface area contributed by atoms with Crippen LogP contribution in [0, 0.1) is 5.92 Å². The van der Waals surface area contributed by atoms with E-state index in [1.54, 1.807) is 0 Å². The van der Waals surface area contributed by atoms with Crippen LogP contribution in [0.25, 0.3) is 0 Å². The number of ether oxygens (including phenoxy) is 1. The molecule has 0 amide bonds. The van der Waals surface area contributed by atoms with Crippen molar-refractivity contribution < 1.29 is 4.74 Å². The van der Waals surface area contributed by atoms with Gasteiger partial charge in [0.15, 0.2) is 0 Å². The maximum Gasteiger partial charge on any atom is 0.124 e. The van der Waals surface area contributed by atoms with Crippen molar-refractivity contribution in [1.29, 1.82) is 0 Å². The number of nitrogens with zero attached hydrogens (tertiary/aromatic N) is 2. The van der Waals surface area contributed by atoms with Crippen molar-refractivity contribution in [3.8, 4) is 0 Å². The van der Waals surface area contributed by atoms with Crippen LogP contribution >= 0.6 is 0 Å². The van der Waals surface area contributed by atoms with Gasteiger partial charge in [-0.25, -0.2) is 4.68 Å². The molecule has 3 unspecified atom stereocenters. The van der Waals surface area contributed by atoms with Crippen LogP contribution in [0.3, 0.4) is 0 Å². The molecular weight excluding hydrogens is 250 g/mol. The third kappa shape index (κ3) is 2.85. The molecule has 0 radical (unpaired) electrons. The van der Waals surface area contributed by atoms with E-state index in [9.17, 15) is 0 Å². The van der Waals surface area contributed by atoms with Gasteiger partial charge in [-0.1, -0.05) is 13.8 Å². The molecule has 3 heterocycles. The molecule has 112 valence electrons. The highest BCUT2D eigenvalue weighted by Crippen LogP contribution is 2.34. The van der Waals surface area contributed by atoms with Gasteiger partial charge in [0, 0.05) is 12.6 Å². The first-order valence-electron chi connectivity index (χ1n) is 8.11. The highest BCUT2D eigenvalue weighted by Gasteiger charge is 2.34. The predicted octanol–water partition coefficient (Wildman–Crippen LogP) is 3.40. The first kappa shape index (κ1) is 13.9. The largest absolute Gasteiger partial charge is 0.373 e. The zero-order valence-electron chi connectivity index (χ0n) is 12.9. The van der Waals surface area contributed by atoms with E-state index in [4.69, 9.17) is 9.84 Å². The molecule has 0 aromatic carbocycles. The molecule has 20 heavy (non-hydrogen) atoms. The molecule has 3 atom stereocenters. The molecular formula is C16H27N3O. The Morgan fingerprint density at radius 3 is 2.95 bits per heavy atom. The van der Waals surface area contributed by atoms with E-state index in [0.29, 0.717) is 18.2 Å². The van der Waals surface area contributed by atoms with Crippen molar-refractivity contribution in [3.63, 3.8) is 0 Å². The van der Waals surface area contributed by atoms with Crippen molar-refractivity contribution in [2.45, 2.75) is 71.1 Å². The molecule has 1 saturated heterocycles. The summed E-state index contributed by atoms with van der Waals surface area (Å²) in [6, 6.07) is 2.65. The Hall–Kier alpha value is -1.03. The van der Waals surface area contributed by atoms with Gasteiger partial charge in [-0.15, -0.1) is 0 Å². The number of aryl methyl sites for hydroxylation is 1. The number of fused-ring (bicyclic) bond motifs is 1. The van der Waals surface area contributed by atoms with E-state index in [1.807, 2.05) is 0 Å². The smallest absolute Gasteiger partial charge is 0.124 e. The Morgan fingerprint density at radius 2 is 2.25 bits per heavy atom. The zero-order chi connectivity index (χ0) is 14.1. The van der Waals surface area contributed by atoms with Crippen LogP contribution in [0.15, 0.2) is 6.07 Å². The van der Waals surface area contributed by atoms with Gasteiger partial charge in [0.2, 0.25) is 0 Å². The summed E-state index contributed by atoms with van der Waals surface area (Å²) in [5.41, 5.74) is 1.22. The number of rotatable bonds is 4. The molecule has 1 N–H and O–H groups in total. The van der Waals surface area contributed by atoms with E-state index >= 15 is 0 Å². The Bertz CT molecular complexity index is 455. The lowest BCUT2D eigenvalue weighted by atomic mass is 10.0. The van der Waals surface area contributed by atoms with Gasteiger partial charge in [-0.3, -0.25) is 0 Å². The molecule has 0 saturated carbocycles. The summed E-state index contributed by atoms with van der Waals surface area (Å²) < 4.78 is 8.27. The molecule has 2 aliphatic rings. The zero-order valence-corrected chi connectivity index (χ0v) is 12.9. The molecule has 0 bridgehead atoms.